The van der Waals surface area contributed by atoms with Gasteiger partial charge in [-0.15, -0.1) is 0 Å². The van der Waals surface area contributed by atoms with E-state index >= 15 is 0 Å². The van der Waals surface area contributed by atoms with E-state index < -0.39 is 5.82 Å². The second kappa shape index (κ2) is 6.52. The first-order valence-electron chi connectivity index (χ1n) is 6.60. The zero-order valence-electron chi connectivity index (χ0n) is 11.6. The molecule has 116 valence electrons. The Bertz CT molecular complexity index is 864. The van der Waals surface area contributed by atoms with Gasteiger partial charge >= 0.3 is 0 Å². The van der Waals surface area contributed by atoms with E-state index in [1.807, 2.05) is 6.20 Å². The summed E-state index contributed by atoms with van der Waals surface area (Å²) in [5, 5.41) is 6.80. The number of aromatic nitrogens is 2. The fourth-order valence-corrected chi connectivity index (χ4v) is 2.45. The van der Waals surface area contributed by atoms with Gasteiger partial charge in [0.05, 0.1) is 21.4 Å². The zero-order chi connectivity index (χ0) is 16.4. The molecule has 1 N–H and O–H groups in total. The van der Waals surface area contributed by atoms with Crippen molar-refractivity contribution in [3.8, 4) is 5.69 Å². The quantitative estimate of drug-likeness (QED) is 0.701. The van der Waals surface area contributed by atoms with Gasteiger partial charge in [-0.1, -0.05) is 11.6 Å². The molecule has 0 unspecified atom stereocenters. The molecule has 0 fully saturated rings. The van der Waals surface area contributed by atoms with Crippen LogP contribution in [0.15, 0.2) is 59.3 Å². The Morgan fingerprint density at radius 2 is 1.96 bits per heavy atom. The van der Waals surface area contributed by atoms with Crippen molar-refractivity contribution in [2.24, 2.45) is 0 Å². The van der Waals surface area contributed by atoms with Gasteiger partial charge in [0.1, 0.15) is 5.82 Å². The number of amides is 1. The Hall–Kier alpha value is -2.18. The molecule has 0 bridgehead atoms. The number of anilines is 1. The van der Waals surface area contributed by atoms with Gasteiger partial charge < -0.3 is 5.32 Å². The van der Waals surface area contributed by atoms with Crippen LogP contribution in [-0.2, 0) is 0 Å². The number of hydrogen-bond acceptors (Lipinski definition) is 2. The van der Waals surface area contributed by atoms with E-state index in [0.717, 1.165) is 10.2 Å². The summed E-state index contributed by atoms with van der Waals surface area (Å²) in [6.45, 7) is 0. The Kier molecular flexibility index (Phi) is 4.45. The van der Waals surface area contributed by atoms with Gasteiger partial charge in [0.2, 0.25) is 0 Å². The molecule has 0 spiro atoms. The fraction of sp³-hybridized carbons (Fsp3) is 0. The van der Waals surface area contributed by atoms with Crippen LogP contribution in [0, 0.1) is 5.82 Å². The smallest absolute Gasteiger partial charge is 0.255 e. The number of benzene rings is 2. The number of rotatable bonds is 3. The monoisotopic (exact) mass is 393 g/mol. The first kappa shape index (κ1) is 15.7. The standard InChI is InChI=1S/C16H10BrClFN3O/c17-11-8-20-22(9-11)13-4-1-10(2-5-13)16(23)21-12-3-6-15(19)14(18)7-12/h1-9H,(H,21,23). The largest absolute Gasteiger partial charge is 0.322 e. The number of carbonyl (C=O) groups is 1. The van der Waals surface area contributed by atoms with Crippen molar-refractivity contribution >= 4 is 39.1 Å². The summed E-state index contributed by atoms with van der Waals surface area (Å²) in [6.07, 6.45) is 3.49. The first-order chi connectivity index (χ1) is 11.0. The lowest BCUT2D eigenvalue weighted by molar-refractivity contribution is 0.102. The van der Waals surface area contributed by atoms with Crippen LogP contribution in [0.3, 0.4) is 0 Å². The minimum Gasteiger partial charge on any atom is -0.322 e. The minimum atomic E-state index is -0.528. The van der Waals surface area contributed by atoms with Crippen molar-refractivity contribution in [3.63, 3.8) is 0 Å². The summed E-state index contributed by atoms with van der Waals surface area (Å²) >= 11 is 9.02. The second-order valence-electron chi connectivity index (χ2n) is 4.73. The minimum absolute atomic E-state index is 0.0394. The molecule has 23 heavy (non-hydrogen) atoms. The van der Waals surface area contributed by atoms with E-state index in [0.29, 0.717) is 11.3 Å². The number of halogens is 3. The molecule has 3 rings (SSSR count). The molecule has 3 aromatic rings. The normalized spacial score (nSPS) is 10.6. The van der Waals surface area contributed by atoms with E-state index in [-0.39, 0.29) is 10.9 Å². The number of carbonyl (C=O) groups excluding carboxylic acids is 1. The van der Waals surface area contributed by atoms with Crippen LogP contribution in [-0.4, -0.2) is 15.7 Å². The van der Waals surface area contributed by atoms with Crippen molar-refractivity contribution < 1.29 is 9.18 Å². The summed E-state index contributed by atoms with van der Waals surface area (Å²) < 4.78 is 15.7. The van der Waals surface area contributed by atoms with Crippen LogP contribution in [0.4, 0.5) is 10.1 Å². The van der Waals surface area contributed by atoms with E-state index in [2.05, 4.69) is 26.3 Å². The SMILES string of the molecule is O=C(Nc1ccc(F)c(Cl)c1)c1ccc(-n2cc(Br)cn2)cc1. The summed E-state index contributed by atoms with van der Waals surface area (Å²) in [6, 6.07) is 11.0. The fourth-order valence-electron chi connectivity index (χ4n) is 1.98. The van der Waals surface area contributed by atoms with E-state index in [9.17, 15) is 9.18 Å². The second-order valence-corrected chi connectivity index (χ2v) is 6.06. The highest BCUT2D eigenvalue weighted by atomic mass is 79.9. The molecule has 0 aliphatic rings. The topological polar surface area (TPSA) is 46.9 Å². The number of nitrogens with zero attached hydrogens (tertiary/aromatic N) is 2. The van der Waals surface area contributed by atoms with Crippen LogP contribution in [0.1, 0.15) is 10.4 Å². The highest BCUT2D eigenvalue weighted by Gasteiger charge is 2.08. The van der Waals surface area contributed by atoms with Gasteiger partial charge in [-0.2, -0.15) is 5.10 Å². The summed E-state index contributed by atoms with van der Waals surface area (Å²) in [7, 11) is 0. The van der Waals surface area contributed by atoms with Crippen LogP contribution in [0.5, 0.6) is 0 Å². The molecule has 1 aromatic heterocycles. The average molecular weight is 395 g/mol. The van der Waals surface area contributed by atoms with Gasteiger partial charge in [-0.3, -0.25) is 4.79 Å². The maximum absolute atomic E-state index is 13.1. The molecule has 2 aromatic carbocycles. The van der Waals surface area contributed by atoms with Crippen molar-refractivity contribution in [1.29, 1.82) is 0 Å². The van der Waals surface area contributed by atoms with Crippen LogP contribution in [0.2, 0.25) is 5.02 Å². The molecule has 1 heterocycles. The molecule has 0 atom stereocenters. The Morgan fingerprint density at radius 1 is 1.22 bits per heavy atom. The van der Waals surface area contributed by atoms with Crippen LogP contribution in [0.25, 0.3) is 5.69 Å². The lowest BCUT2D eigenvalue weighted by atomic mass is 10.2. The Morgan fingerprint density at radius 3 is 2.57 bits per heavy atom. The summed E-state index contributed by atoms with van der Waals surface area (Å²) in [5.74, 6) is -0.833. The Balaban J connectivity index is 1.76. The summed E-state index contributed by atoms with van der Waals surface area (Å²) in [5.41, 5.74) is 1.74. The maximum Gasteiger partial charge on any atom is 0.255 e. The molecular formula is C16H10BrClFN3O. The van der Waals surface area contributed by atoms with Crippen molar-refractivity contribution in [1.82, 2.24) is 9.78 Å². The van der Waals surface area contributed by atoms with Crippen LogP contribution >= 0.6 is 27.5 Å². The molecule has 1 amide bonds. The molecule has 0 saturated carbocycles. The van der Waals surface area contributed by atoms with Crippen LogP contribution < -0.4 is 5.32 Å². The lowest BCUT2D eigenvalue weighted by Gasteiger charge is -2.07. The number of hydrogen-bond donors (Lipinski definition) is 1. The third-order valence-electron chi connectivity index (χ3n) is 3.12. The van der Waals surface area contributed by atoms with Gasteiger partial charge in [0.25, 0.3) is 5.91 Å². The van der Waals surface area contributed by atoms with E-state index in [1.54, 1.807) is 35.1 Å². The van der Waals surface area contributed by atoms with E-state index in [1.165, 1.54) is 18.2 Å². The van der Waals surface area contributed by atoms with Crippen molar-refractivity contribution in [2.45, 2.75) is 0 Å². The first-order valence-corrected chi connectivity index (χ1v) is 7.77. The predicted octanol–water partition coefficient (Wildman–Crippen LogP) is 4.68. The van der Waals surface area contributed by atoms with Crippen molar-refractivity contribution in [2.75, 3.05) is 5.32 Å². The van der Waals surface area contributed by atoms with Gasteiger partial charge in [0, 0.05) is 17.4 Å². The predicted molar refractivity (Wildman–Crippen MR) is 90.6 cm³/mol. The molecule has 0 aliphatic carbocycles. The third kappa shape index (κ3) is 3.60. The highest BCUT2D eigenvalue weighted by Crippen LogP contribution is 2.20. The molecular weight excluding hydrogens is 385 g/mol. The molecule has 4 nitrogen and oxygen atoms in total. The third-order valence-corrected chi connectivity index (χ3v) is 3.82. The molecule has 0 radical (unpaired) electrons. The zero-order valence-corrected chi connectivity index (χ0v) is 14.0. The lowest BCUT2D eigenvalue weighted by Crippen LogP contribution is -2.12. The molecule has 0 aliphatic heterocycles. The maximum atomic E-state index is 13.1. The van der Waals surface area contributed by atoms with Gasteiger partial charge in [-0.05, 0) is 58.4 Å². The summed E-state index contributed by atoms with van der Waals surface area (Å²) in [4.78, 5) is 12.2. The molecule has 7 heteroatoms. The Labute approximate surface area is 145 Å². The highest BCUT2D eigenvalue weighted by molar-refractivity contribution is 9.10. The average Bonchev–Trinajstić information content (AvgIpc) is 2.97. The van der Waals surface area contributed by atoms with Crippen molar-refractivity contribution in [3.05, 3.63) is 75.7 Å². The van der Waals surface area contributed by atoms with Gasteiger partial charge in [0.15, 0.2) is 0 Å². The number of nitrogens with one attached hydrogen (secondary N) is 1. The van der Waals surface area contributed by atoms with Gasteiger partial charge in [-0.25, -0.2) is 9.07 Å². The van der Waals surface area contributed by atoms with E-state index in [4.69, 9.17) is 11.6 Å². The molecule has 0 saturated heterocycles.